The summed E-state index contributed by atoms with van der Waals surface area (Å²) in [4.78, 5) is 15.1. The molecule has 1 unspecified atom stereocenters. The van der Waals surface area contributed by atoms with Gasteiger partial charge in [0.05, 0.1) is 0 Å². The summed E-state index contributed by atoms with van der Waals surface area (Å²) in [5.41, 5.74) is 0. The zero-order valence-corrected chi connectivity index (χ0v) is 9.65. The van der Waals surface area contributed by atoms with Crippen LogP contribution < -0.4 is 10.6 Å². The molecule has 1 heterocycles. The van der Waals surface area contributed by atoms with Crippen molar-refractivity contribution < 1.29 is 4.79 Å². The summed E-state index contributed by atoms with van der Waals surface area (Å²) in [6.07, 6.45) is 0. The molecule has 1 aliphatic rings. The number of amides is 1. The van der Waals surface area contributed by atoms with E-state index >= 15 is 0 Å². The number of nitrogens with zero attached hydrogens (tertiary/aromatic N) is 1. The molecule has 14 heavy (non-hydrogen) atoms. The van der Waals surface area contributed by atoms with Crippen LogP contribution in [0.3, 0.4) is 0 Å². The van der Waals surface area contributed by atoms with Gasteiger partial charge in [0.15, 0.2) is 5.17 Å². The molecule has 0 aliphatic carbocycles. The van der Waals surface area contributed by atoms with Gasteiger partial charge in [-0.3, -0.25) is 9.79 Å². The monoisotopic (exact) mass is 215 g/mol. The van der Waals surface area contributed by atoms with E-state index in [0.29, 0.717) is 12.0 Å². The molecule has 0 aromatic carbocycles. The smallest absolute Gasteiger partial charge is 0.241 e. The third kappa shape index (κ3) is 3.21. The Hall–Kier alpha value is -0.710. The van der Waals surface area contributed by atoms with Crippen LogP contribution in [0.25, 0.3) is 0 Å². The van der Waals surface area contributed by atoms with Gasteiger partial charge in [-0.2, -0.15) is 0 Å². The SMILES string of the molecule is CNC(=O)CN=C1NC(C(C)C)CS1. The second-order valence-corrected chi connectivity index (χ2v) is 4.61. The molecule has 1 amide bonds. The lowest BCUT2D eigenvalue weighted by atomic mass is 10.1. The topological polar surface area (TPSA) is 53.5 Å². The maximum absolute atomic E-state index is 10.9. The lowest BCUT2D eigenvalue weighted by Gasteiger charge is -2.12. The fraction of sp³-hybridized carbons (Fsp3) is 0.778. The third-order valence-corrected chi connectivity index (χ3v) is 3.20. The van der Waals surface area contributed by atoms with Gasteiger partial charge in [-0.25, -0.2) is 0 Å². The van der Waals surface area contributed by atoms with Crippen LogP contribution in [0.2, 0.25) is 0 Å². The molecule has 5 heteroatoms. The molecule has 0 radical (unpaired) electrons. The van der Waals surface area contributed by atoms with Gasteiger partial charge in [0, 0.05) is 18.8 Å². The first kappa shape index (κ1) is 11.4. The van der Waals surface area contributed by atoms with Crippen LogP contribution in [-0.2, 0) is 4.79 Å². The van der Waals surface area contributed by atoms with Crippen molar-refractivity contribution in [3.63, 3.8) is 0 Å². The van der Waals surface area contributed by atoms with Gasteiger partial charge >= 0.3 is 0 Å². The Morgan fingerprint density at radius 2 is 2.50 bits per heavy atom. The highest BCUT2D eigenvalue weighted by atomic mass is 32.2. The number of amidine groups is 1. The number of thioether (sulfide) groups is 1. The number of likely N-dealkylation sites (N-methyl/N-ethyl adjacent to an activating group) is 1. The van der Waals surface area contributed by atoms with E-state index in [0.717, 1.165) is 10.9 Å². The van der Waals surface area contributed by atoms with Crippen LogP contribution in [0.5, 0.6) is 0 Å². The molecule has 0 aromatic heterocycles. The Kier molecular flexibility index (Phi) is 4.25. The maximum atomic E-state index is 10.9. The summed E-state index contributed by atoms with van der Waals surface area (Å²) < 4.78 is 0. The molecule has 1 fully saturated rings. The summed E-state index contributed by atoms with van der Waals surface area (Å²) in [5.74, 6) is 1.60. The van der Waals surface area contributed by atoms with Crippen molar-refractivity contribution in [2.45, 2.75) is 19.9 Å². The number of nitrogens with one attached hydrogen (secondary N) is 2. The zero-order valence-electron chi connectivity index (χ0n) is 8.83. The van der Waals surface area contributed by atoms with Crippen molar-refractivity contribution in [2.75, 3.05) is 19.3 Å². The maximum Gasteiger partial charge on any atom is 0.241 e. The Morgan fingerprint density at radius 3 is 3.00 bits per heavy atom. The molecular weight excluding hydrogens is 198 g/mol. The average molecular weight is 215 g/mol. The van der Waals surface area contributed by atoms with Crippen LogP contribution in [0.4, 0.5) is 0 Å². The number of hydrogen-bond acceptors (Lipinski definition) is 3. The van der Waals surface area contributed by atoms with E-state index in [4.69, 9.17) is 0 Å². The third-order valence-electron chi connectivity index (χ3n) is 2.16. The van der Waals surface area contributed by atoms with Gasteiger partial charge in [-0.1, -0.05) is 25.6 Å². The zero-order chi connectivity index (χ0) is 10.6. The molecule has 80 valence electrons. The molecule has 1 rings (SSSR count). The molecule has 4 nitrogen and oxygen atoms in total. The fourth-order valence-electron chi connectivity index (χ4n) is 1.08. The largest absolute Gasteiger partial charge is 0.361 e. The van der Waals surface area contributed by atoms with E-state index in [1.807, 2.05) is 0 Å². The van der Waals surface area contributed by atoms with Crippen LogP contribution in [0.15, 0.2) is 4.99 Å². The number of rotatable bonds is 3. The molecule has 1 aliphatic heterocycles. The Balaban J connectivity index is 2.37. The highest BCUT2D eigenvalue weighted by Crippen LogP contribution is 2.18. The minimum Gasteiger partial charge on any atom is -0.361 e. The Labute approximate surface area is 88.9 Å². The summed E-state index contributed by atoms with van der Waals surface area (Å²) >= 11 is 1.69. The molecule has 0 bridgehead atoms. The van der Waals surface area contributed by atoms with Crippen molar-refractivity contribution >= 4 is 22.8 Å². The van der Waals surface area contributed by atoms with Crippen molar-refractivity contribution in [3.8, 4) is 0 Å². The van der Waals surface area contributed by atoms with Crippen LogP contribution in [0, 0.1) is 5.92 Å². The first-order valence-corrected chi connectivity index (χ1v) is 5.76. The lowest BCUT2D eigenvalue weighted by Crippen LogP contribution is -2.32. The second-order valence-electron chi connectivity index (χ2n) is 3.60. The van der Waals surface area contributed by atoms with Crippen LogP contribution >= 0.6 is 11.8 Å². The molecule has 0 aromatic rings. The minimum absolute atomic E-state index is 0.0482. The molecule has 0 saturated carbocycles. The van der Waals surface area contributed by atoms with Gasteiger partial charge in [0.25, 0.3) is 0 Å². The fourth-order valence-corrected chi connectivity index (χ4v) is 2.28. The highest BCUT2D eigenvalue weighted by Gasteiger charge is 2.22. The average Bonchev–Trinajstić information content (AvgIpc) is 2.62. The standard InChI is InChI=1S/C9H17N3OS/c1-6(2)7-5-14-9(12-7)11-4-8(13)10-3/h6-7H,4-5H2,1-3H3,(H,10,13)(H,11,12). The predicted molar refractivity (Wildman–Crippen MR) is 60.6 cm³/mol. The highest BCUT2D eigenvalue weighted by molar-refractivity contribution is 8.14. The van der Waals surface area contributed by atoms with E-state index < -0.39 is 0 Å². The van der Waals surface area contributed by atoms with E-state index in [1.54, 1.807) is 18.8 Å². The molecule has 1 atom stereocenters. The molecular formula is C9H17N3OS. The summed E-state index contributed by atoms with van der Waals surface area (Å²) in [7, 11) is 1.62. The Morgan fingerprint density at radius 1 is 1.79 bits per heavy atom. The number of carbonyl (C=O) groups is 1. The van der Waals surface area contributed by atoms with Gasteiger partial charge in [0.2, 0.25) is 5.91 Å². The van der Waals surface area contributed by atoms with Gasteiger partial charge < -0.3 is 10.6 Å². The van der Waals surface area contributed by atoms with Crippen molar-refractivity contribution in [2.24, 2.45) is 10.9 Å². The Bertz CT molecular complexity index is 240. The summed E-state index contributed by atoms with van der Waals surface area (Å²) in [5, 5.41) is 6.74. The molecule has 1 saturated heterocycles. The minimum atomic E-state index is -0.0482. The van der Waals surface area contributed by atoms with Gasteiger partial charge in [-0.05, 0) is 5.92 Å². The molecule has 0 spiro atoms. The number of hydrogen-bond donors (Lipinski definition) is 2. The van der Waals surface area contributed by atoms with E-state index in [-0.39, 0.29) is 12.5 Å². The van der Waals surface area contributed by atoms with Crippen molar-refractivity contribution in [1.82, 2.24) is 10.6 Å². The van der Waals surface area contributed by atoms with Crippen LogP contribution in [-0.4, -0.2) is 36.5 Å². The first-order chi connectivity index (χ1) is 6.63. The van der Waals surface area contributed by atoms with E-state index in [9.17, 15) is 4.79 Å². The van der Waals surface area contributed by atoms with Crippen molar-refractivity contribution in [3.05, 3.63) is 0 Å². The number of aliphatic imine (C=N–C) groups is 1. The summed E-state index contributed by atoms with van der Waals surface area (Å²) in [6, 6.07) is 0.489. The predicted octanol–water partition coefficient (Wildman–Crippen LogP) is 0.449. The quantitative estimate of drug-likeness (QED) is 0.718. The van der Waals surface area contributed by atoms with Crippen molar-refractivity contribution in [1.29, 1.82) is 0 Å². The summed E-state index contributed by atoms with van der Waals surface area (Å²) in [6.45, 7) is 4.58. The number of carbonyl (C=O) groups excluding carboxylic acids is 1. The lowest BCUT2D eigenvalue weighted by molar-refractivity contribution is -0.119. The van der Waals surface area contributed by atoms with Gasteiger partial charge in [0.1, 0.15) is 6.54 Å². The first-order valence-electron chi connectivity index (χ1n) is 4.78. The molecule has 2 N–H and O–H groups in total. The normalized spacial score (nSPS) is 24.0. The second kappa shape index (κ2) is 5.24. The van der Waals surface area contributed by atoms with Crippen LogP contribution in [0.1, 0.15) is 13.8 Å². The van der Waals surface area contributed by atoms with E-state index in [1.165, 1.54) is 0 Å². The van der Waals surface area contributed by atoms with E-state index in [2.05, 4.69) is 29.5 Å². The van der Waals surface area contributed by atoms with Gasteiger partial charge in [-0.15, -0.1) is 0 Å².